The first-order valence-electron chi connectivity index (χ1n) is 4.16. The monoisotopic (exact) mass is 206 g/mol. The highest BCUT2D eigenvalue weighted by Gasteiger charge is 1.92. The predicted molar refractivity (Wildman–Crippen MR) is 56.8 cm³/mol. The molecule has 0 bridgehead atoms. The molecule has 78 valence electrons. The molecule has 5 nitrogen and oxygen atoms in total. The Bertz CT molecular complexity index is 488. The molecule has 1 aromatic heterocycles. The molecule has 0 aliphatic carbocycles. The number of carbonyl (C=O) groups is 1. The van der Waals surface area contributed by atoms with Crippen LogP contribution in [0.1, 0.15) is 0 Å². The predicted octanol–water partition coefficient (Wildman–Crippen LogP) is 1.11. The molecule has 0 amide bonds. The Hall–Kier alpha value is -2.30. The van der Waals surface area contributed by atoms with E-state index in [1.807, 2.05) is 24.3 Å². The second kappa shape index (κ2) is 4.80. The number of benzene rings is 1. The minimum absolute atomic E-state index is 0.152. The summed E-state index contributed by atoms with van der Waals surface area (Å²) in [7, 11) is 0. The maximum Gasteiger partial charge on any atom is 0.327 e. The number of carboxylic acids is 1. The summed E-state index contributed by atoms with van der Waals surface area (Å²) in [4.78, 5) is 25.2. The fourth-order valence-corrected chi connectivity index (χ4v) is 0.977. The number of aromatic amines is 2. The summed E-state index contributed by atoms with van der Waals surface area (Å²) < 4.78 is 0. The third kappa shape index (κ3) is 3.15. The molecule has 0 radical (unpaired) electrons. The van der Waals surface area contributed by atoms with E-state index in [0.717, 1.165) is 17.1 Å². The minimum atomic E-state index is -0.981. The molecule has 2 rings (SSSR count). The van der Waals surface area contributed by atoms with Crippen LogP contribution in [0.4, 0.5) is 0 Å². The van der Waals surface area contributed by atoms with Crippen molar-refractivity contribution >= 4 is 17.0 Å². The van der Waals surface area contributed by atoms with Gasteiger partial charge in [0.25, 0.3) is 0 Å². The van der Waals surface area contributed by atoms with E-state index in [2.05, 4.69) is 16.5 Å². The van der Waals surface area contributed by atoms with Crippen LogP contribution in [0.2, 0.25) is 0 Å². The highest BCUT2D eigenvalue weighted by molar-refractivity contribution is 5.78. The molecule has 0 spiro atoms. The zero-order chi connectivity index (χ0) is 11.3. The molecule has 5 heteroatoms. The number of hydrogen-bond acceptors (Lipinski definition) is 2. The zero-order valence-electron chi connectivity index (χ0n) is 7.86. The molecule has 0 saturated heterocycles. The highest BCUT2D eigenvalue weighted by atomic mass is 16.4. The van der Waals surface area contributed by atoms with Gasteiger partial charge in [-0.25, -0.2) is 9.59 Å². The molecule has 3 N–H and O–H groups in total. The first-order chi connectivity index (χ1) is 7.13. The second-order valence-corrected chi connectivity index (χ2v) is 2.67. The van der Waals surface area contributed by atoms with Gasteiger partial charge in [-0.3, -0.25) is 0 Å². The molecular formula is C10H10N2O3. The quantitative estimate of drug-likeness (QED) is 0.611. The van der Waals surface area contributed by atoms with Crippen molar-refractivity contribution in [3.8, 4) is 0 Å². The van der Waals surface area contributed by atoms with Crippen LogP contribution in [-0.4, -0.2) is 21.0 Å². The van der Waals surface area contributed by atoms with Crippen LogP contribution in [0.5, 0.6) is 0 Å². The summed E-state index contributed by atoms with van der Waals surface area (Å²) in [5.41, 5.74) is 1.56. The number of imidazole rings is 1. The Morgan fingerprint density at radius 2 is 1.67 bits per heavy atom. The largest absolute Gasteiger partial charge is 0.478 e. The number of rotatable bonds is 1. The maximum atomic E-state index is 10.7. The Labute approximate surface area is 85.1 Å². The molecule has 1 aromatic carbocycles. The molecule has 0 atom stereocenters. The number of H-pyrrole nitrogens is 2. The number of fused-ring (bicyclic) bond motifs is 1. The number of aliphatic carboxylic acids is 1. The van der Waals surface area contributed by atoms with Crippen LogP contribution in [0, 0.1) is 0 Å². The van der Waals surface area contributed by atoms with Crippen molar-refractivity contribution in [3.63, 3.8) is 0 Å². The van der Waals surface area contributed by atoms with Gasteiger partial charge in [-0.1, -0.05) is 18.7 Å². The highest BCUT2D eigenvalue weighted by Crippen LogP contribution is 2.03. The Kier molecular flexibility index (Phi) is 3.45. The second-order valence-electron chi connectivity index (χ2n) is 2.67. The fourth-order valence-electron chi connectivity index (χ4n) is 0.977. The number of para-hydroxylation sites is 2. The Morgan fingerprint density at radius 3 is 2.00 bits per heavy atom. The van der Waals surface area contributed by atoms with Crippen molar-refractivity contribution in [3.05, 3.63) is 47.4 Å². The van der Waals surface area contributed by atoms with Crippen molar-refractivity contribution in [2.45, 2.75) is 0 Å². The average Bonchev–Trinajstić information content (AvgIpc) is 2.58. The van der Waals surface area contributed by atoms with Crippen molar-refractivity contribution in [1.82, 2.24) is 9.97 Å². The topological polar surface area (TPSA) is 85.9 Å². The van der Waals surface area contributed by atoms with Gasteiger partial charge in [0.2, 0.25) is 0 Å². The normalized spacial score (nSPS) is 9.07. The van der Waals surface area contributed by atoms with Crippen LogP contribution in [0.15, 0.2) is 41.7 Å². The van der Waals surface area contributed by atoms with E-state index < -0.39 is 5.97 Å². The summed E-state index contributed by atoms with van der Waals surface area (Å²) in [5.74, 6) is -0.981. The molecule has 1 heterocycles. The standard InChI is InChI=1S/C7H6N2O.C3H4O2/c10-7-8-5-3-1-2-4-6(5)9-7;1-2-3(4)5/h1-4H,(H2,8,9,10);2H,1H2,(H,4,5). The van der Waals surface area contributed by atoms with Gasteiger partial charge in [0.05, 0.1) is 11.0 Å². The van der Waals surface area contributed by atoms with E-state index in [1.54, 1.807) is 0 Å². The van der Waals surface area contributed by atoms with Crippen molar-refractivity contribution in [2.24, 2.45) is 0 Å². The number of aromatic nitrogens is 2. The lowest BCUT2D eigenvalue weighted by atomic mass is 10.3. The molecule has 0 unspecified atom stereocenters. The van der Waals surface area contributed by atoms with E-state index in [9.17, 15) is 9.59 Å². The van der Waals surface area contributed by atoms with Gasteiger partial charge in [0, 0.05) is 6.08 Å². The van der Waals surface area contributed by atoms with Crippen LogP contribution < -0.4 is 5.69 Å². The maximum absolute atomic E-state index is 10.7. The summed E-state index contributed by atoms with van der Waals surface area (Å²) in [6, 6.07) is 7.47. The summed E-state index contributed by atoms with van der Waals surface area (Å²) >= 11 is 0. The Morgan fingerprint density at radius 1 is 1.27 bits per heavy atom. The lowest BCUT2D eigenvalue weighted by Gasteiger charge is -1.81. The summed E-state index contributed by atoms with van der Waals surface area (Å²) in [6.45, 7) is 2.96. The molecule has 15 heavy (non-hydrogen) atoms. The molecule has 0 aliphatic heterocycles. The summed E-state index contributed by atoms with van der Waals surface area (Å²) in [6.07, 6.45) is 0.833. The number of hydrogen-bond donors (Lipinski definition) is 3. The number of carboxylic acid groups (broad SMARTS) is 1. The van der Waals surface area contributed by atoms with Crippen LogP contribution >= 0.6 is 0 Å². The van der Waals surface area contributed by atoms with E-state index in [1.165, 1.54) is 0 Å². The Balaban J connectivity index is 0.000000195. The van der Waals surface area contributed by atoms with Crippen molar-refractivity contribution < 1.29 is 9.90 Å². The van der Waals surface area contributed by atoms with Gasteiger partial charge in [-0.05, 0) is 12.1 Å². The van der Waals surface area contributed by atoms with E-state index in [4.69, 9.17) is 5.11 Å². The van der Waals surface area contributed by atoms with E-state index in [-0.39, 0.29) is 5.69 Å². The first kappa shape index (κ1) is 10.8. The molecule has 0 fully saturated rings. The van der Waals surface area contributed by atoms with Crippen LogP contribution in [0.25, 0.3) is 11.0 Å². The van der Waals surface area contributed by atoms with E-state index >= 15 is 0 Å². The van der Waals surface area contributed by atoms with Gasteiger partial charge in [0.15, 0.2) is 0 Å². The zero-order valence-corrected chi connectivity index (χ0v) is 7.86. The fraction of sp³-hybridized carbons (Fsp3) is 0. The van der Waals surface area contributed by atoms with Gasteiger partial charge < -0.3 is 15.1 Å². The molecule has 2 aromatic rings. The van der Waals surface area contributed by atoms with E-state index in [0.29, 0.717) is 0 Å². The van der Waals surface area contributed by atoms with Crippen molar-refractivity contribution in [1.29, 1.82) is 0 Å². The lowest BCUT2D eigenvalue weighted by Crippen LogP contribution is -1.99. The van der Waals surface area contributed by atoms with Gasteiger partial charge in [-0.15, -0.1) is 0 Å². The molecule has 0 saturated carbocycles. The minimum Gasteiger partial charge on any atom is -0.478 e. The average molecular weight is 206 g/mol. The van der Waals surface area contributed by atoms with Gasteiger partial charge >= 0.3 is 11.7 Å². The number of nitrogens with one attached hydrogen (secondary N) is 2. The SMILES string of the molecule is C=CC(=O)O.O=c1[nH]c2ccccc2[nH]1. The van der Waals surface area contributed by atoms with Gasteiger partial charge in [-0.2, -0.15) is 0 Å². The van der Waals surface area contributed by atoms with Crippen LogP contribution in [0.3, 0.4) is 0 Å². The molecular weight excluding hydrogens is 196 g/mol. The third-order valence-corrected chi connectivity index (χ3v) is 1.60. The third-order valence-electron chi connectivity index (χ3n) is 1.60. The first-order valence-corrected chi connectivity index (χ1v) is 4.16. The van der Waals surface area contributed by atoms with Crippen molar-refractivity contribution in [2.75, 3.05) is 0 Å². The molecule has 0 aliphatic rings. The summed E-state index contributed by atoms with van der Waals surface area (Å²) in [5, 5.41) is 7.60. The lowest BCUT2D eigenvalue weighted by molar-refractivity contribution is -0.131. The van der Waals surface area contributed by atoms with Gasteiger partial charge in [0.1, 0.15) is 0 Å². The smallest absolute Gasteiger partial charge is 0.327 e. The van der Waals surface area contributed by atoms with Crippen LogP contribution in [-0.2, 0) is 4.79 Å².